The first-order valence-electron chi connectivity index (χ1n) is 8.11. The maximum Gasteiger partial charge on any atom is 0.293 e. The summed E-state index contributed by atoms with van der Waals surface area (Å²) in [5.41, 5.74) is 1.46. The van der Waals surface area contributed by atoms with Crippen molar-refractivity contribution in [2.24, 2.45) is 7.05 Å². The number of rotatable bonds is 4. The van der Waals surface area contributed by atoms with Crippen LogP contribution >= 0.6 is 15.9 Å². The van der Waals surface area contributed by atoms with Crippen LogP contribution < -0.4 is 16.2 Å². The molecular formula is C17H20BrN5O2. The van der Waals surface area contributed by atoms with E-state index in [1.807, 2.05) is 24.3 Å². The van der Waals surface area contributed by atoms with Crippen molar-refractivity contribution in [3.63, 3.8) is 0 Å². The van der Waals surface area contributed by atoms with E-state index in [1.165, 1.54) is 4.57 Å². The molecule has 25 heavy (non-hydrogen) atoms. The van der Waals surface area contributed by atoms with Crippen molar-refractivity contribution < 1.29 is 4.79 Å². The second kappa shape index (κ2) is 7.37. The van der Waals surface area contributed by atoms with E-state index in [0.29, 0.717) is 11.1 Å². The number of likely N-dealkylation sites (N-methyl/N-ethyl adjacent to an activating group) is 1. The van der Waals surface area contributed by atoms with Gasteiger partial charge in [-0.05, 0) is 40.2 Å². The molecule has 0 unspecified atom stereocenters. The van der Waals surface area contributed by atoms with Gasteiger partial charge in [0.25, 0.3) is 5.56 Å². The number of carbonyl (C=O) groups is 1. The van der Waals surface area contributed by atoms with Crippen molar-refractivity contribution in [3.8, 4) is 0 Å². The monoisotopic (exact) mass is 405 g/mol. The number of halogens is 1. The molecule has 8 heteroatoms. The number of piperazine rings is 1. The standard InChI is InChI=1S/C17H20BrN5O2/c1-3-23-9-8-19-16(24)14(23)11-4-6-12(7-5-11)20-15-17(25)22(2)10-13(18)21-15/h4-7,10,14H,3,8-9H2,1-2H3,(H,19,24)(H,20,21)/t14-/m1/s1. The number of aryl methyl sites for hydroxylation is 1. The topological polar surface area (TPSA) is 79.3 Å². The highest BCUT2D eigenvalue weighted by atomic mass is 79.9. The molecule has 1 aliphatic heterocycles. The summed E-state index contributed by atoms with van der Waals surface area (Å²) in [5.74, 6) is 0.270. The van der Waals surface area contributed by atoms with Gasteiger partial charge in [0, 0.05) is 32.0 Å². The third-order valence-corrected chi connectivity index (χ3v) is 4.63. The Bertz CT molecular complexity index is 834. The lowest BCUT2D eigenvalue weighted by Crippen LogP contribution is -2.49. The second-order valence-corrected chi connectivity index (χ2v) is 6.71. The molecule has 1 fully saturated rings. The Hall–Kier alpha value is -2.19. The van der Waals surface area contributed by atoms with Gasteiger partial charge >= 0.3 is 0 Å². The molecule has 0 bridgehead atoms. The van der Waals surface area contributed by atoms with Crippen LogP contribution in [0.3, 0.4) is 0 Å². The average Bonchev–Trinajstić information content (AvgIpc) is 2.60. The molecule has 0 saturated carbocycles. The summed E-state index contributed by atoms with van der Waals surface area (Å²) in [6.07, 6.45) is 1.61. The largest absolute Gasteiger partial charge is 0.353 e. The predicted molar refractivity (Wildman–Crippen MR) is 99.9 cm³/mol. The zero-order valence-corrected chi connectivity index (χ0v) is 15.7. The van der Waals surface area contributed by atoms with Gasteiger partial charge in [-0.15, -0.1) is 0 Å². The number of aromatic nitrogens is 2. The summed E-state index contributed by atoms with van der Waals surface area (Å²) in [4.78, 5) is 30.7. The predicted octanol–water partition coefficient (Wildman–Crippen LogP) is 1.78. The molecule has 1 aromatic heterocycles. The van der Waals surface area contributed by atoms with Crippen LogP contribution in [0.5, 0.6) is 0 Å². The first kappa shape index (κ1) is 17.6. The van der Waals surface area contributed by atoms with E-state index in [-0.39, 0.29) is 23.3 Å². The lowest BCUT2D eigenvalue weighted by Gasteiger charge is -2.34. The van der Waals surface area contributed by atoms with Crippen LogP contribution in [0.1, 0.15) is 18.5 Å². The van der Waals surface area contributed by atoms with E-state index in [9.17, 15) is 9.59 Å². The zero-order valence-electron chi connectivity index (χ0n) is 14.1. The minimum Gasteiger partial charge on any atom is -0.353 e. The summed E-state index contributed by atoms with van der Waals surface area (Å²) in [7, 11) is 1.67. The molecule has 1 aromatic carbocycles. The van der Waals surface area contributed by atoms with Gasteiger partial charge in [-0.25, -0.2) is 4.98 Å². The second-order valence-electron chi connectivity index (χ2n) is 5.90. The molecule has 1 saturated heterocycles. The summed E-state index contributed by atoms with van der Waals surface area (Å²) < 4.78 is 2.03. The van der Waals surface area contributed by atoms with Gasteiger partial charge in [0.15, 0.2) is 5.82 Å². The first-order valence-corrected chi connectivity index (χ1v) is 8.91. The van der Waals surface area contributed by atoms with E-state index in [0.717, 1.165) is 24.3 Å². The van der Waals surface area contributed by atoms with Crippen molar-refractivity contribution >= 4 is 33.3 Å². The van der Waals surface area contributed by atoms with Crippen molar-refractivity contribution in [2.45, 2.75) is 13.0 Å². The summed E-state index contributed by atoms with van der Waals surface area (Å²) in [5, 5.41) is 5.95. The van der Waals surface area contributed by atoms with Gasteiger partial charge in [-0.1, -0.05) is 19.1 Å². The number of nitrogens with zero attached hydrogens (tertiary/aromatic N) is 3. The normalized spacial score (nSPS) is 18.0. The van der Waals surface area contributed by atoms with Crippen LogP contribution in [0, 0.1) is 0 Å². The number of hydrogen-bond acceptors (Lipinski definition) is 5. The Morgan fingerprint density at radius 1 is 1.32 bits per heavy atom. The summed E-state index contributed by atoms with van der Waals surface area (Å²) in [6, 6.07) is 7.25. The number of carbonyl (C=O) groups excluding carboxylic acids is 1. The van der Waals surface area contributed by atoms with Crippen molar-refractivity contribution in [2.75, 3.05) is 25.0 Å². The fraction of sp³-hybridized carbons (Fsp3) is 0.353. The Morgan fingerprint density at radius 2 is 2.04 bits per heavy atom. The lowest BCUT2D eigenvalue weighted by atomic mass is 10.0. The Labute approximate surface area is 154 Å². The number of anilines is 2. The molecule has 2 aromatic rings. The third kappa shape index (κ3) is 3.74. The van der Waals surface area contributed by atoms with E-state index in [2.05, 4.69) is 43.4 Å². The SMILES string of the molecule is CCN1CCNC(=O)[C@H]1c1ccc(Nc2nc(Br)cn(C)c2=O)cc1. The van der Waals surface area contributed by atoms with E-state index in [4.69, 9.17) is 0 Å². The highest BCUT2D eigenvalue weighted by molar-refractivity contribution is 9.10. The molecule has 132 valence electrons. The zero-order chi connectivity index (χ0) is 18.0. The van der Waals surface area contributed by atoms with Crippen LogP contribution in [-0.4, -0.2) is 40.0 Å². The highest BCUT2D eigenvalue weighted by Gasteiger charge is 2.29. The quantitative estimate of drug-likeness (QED) is 0.810. The molecular weight excluding hydrogens is 386 g/mol. The van der Waals surface area contributed by atoms with Gasteiger partial charge in [-0.2, -0.15) is 0 Å². The minimum atomic E-state index is -0.273. The summed E-state index contributed by atoms with van der Waals surface area (Å²) in [6.45, 7) is 4.39. The Morgan fingerprint density at radius 3 is 2.72 bits per heavy atom. The number of benzene rings is 1. The molecule has 1 amide bonds. The van der Waals surface area contributed by atoms with Gasteiger partial charge in [0.2, 0.25) is 5.91 Å². The molecule has 1 atom stereocenters. The molecule has 3 rings (SSSR count). The number of nitrogens with one attached hydrogen (secondary N) is 2. The van der Waals surface area contributed by atoms with Gasteiger partial charge in [0.05, 0.1) is 0 Å². The Kier molecular flexibility index (Phi) is 5.19. The molecule has 0 radical (unpaired) electrons. The van der Waals surface area contributed by atoms with Gasteiger partial charge < -0.3 is 15.2 Å². The third-order valence-electron chi connectivity index (χ3n) is 4.25. The van der Waals surface area contributed by atoms with Crippen LogP contribution in [0.4, 0.5) is 11.5 Å². The fourth-order valence-electron chi connectivity index (χ4n) is 2.95. The van der Waals surface area contributed by atoms with Crippen LogP contribution in [-0.2, 0) is 11.8 Å². The van der Waals surface area contributed by atoms with Gasteiger partial charge in [0.1, 0.15) is 10.6 Å². The van der Waals surface area contributed by atoms with Crippen molar-refractivity contribution in [1.82, 2.24) is 19.8 Å². The van der Waals surface area contributed by atoms with Crippen molar-refractivity contribution in [3.05, 3.63) is 51.0 Å². The molecule has 0 spiro atoms. The first-order chi connectivity index (χ1) is 12.0. The van der Waals surface area contributed by atoms with E-state index >= 15 is 0 Å². The lowest BCUT2D eigenvalue weighted by molar-refractivity contribution is -0.129. The van der Waals surface area contributed by atoms with E-state index < -0.39 is 0 Å². The maximum atomic E-state index is 12.2. The number of hydrogen-bond donors (Lipinski definition) is 2. The van der Waals surface area contributed by atoms with Crippen LogP contribution in [0.25, 0.3) is 0 Å². The number of amides is 1. The fourth-order valence-corrected chi connectivity index (χ4v) is 3.44. The van der Waals surface area contributed by atoms with Gasteiger partial charge in [-0.3, -0.25) is 14.5 Å². The molecule has 7 nitrogen and oxygen atoms in total. The Balaban J connectivity index is 1.83. The maximum absolute atomic E-state index is 12.2. The van der Waals surface area contributed by atoms with Crippen molar-refractivity contribution in [1.29, 1.82) is 0 Å². The highest BCUT2D eigenvalue weighted by Crippen LogP contribution is 2.25. The molecule has 2 heterocycles. The molecule has 1 aliphatic rings. The molecule has 2 N–H and O–H groups in total. The van der Waals surface area contributed by atoms with Crippen LogP contribution in [0.2, 0.25) is 0 Å². The molecule has 0 aliphatic carbocycles. The van der Waals surface area contributed by atoms with E-state index in [1.54, 1.807) is 13.2 Å². The summed E-state index contributed by atoms with van der Waals surface area (Å²) >= 11 is 3.28. The average molecular weight is 406 g/mol. The smallest absolute Gasteiger partial charge is 0.293 e. The van der Waals surface area contributed by atoms with Crippen LogP contribution in [0.15, 0.2) is 39.9 Å². The minimum absolute atomic E-state index is 0.0244.